The highest BCUT2D eigenvalue weighted by Crippen LogP contribution is 2.22. The molecule has 0 aliphatic rings. The van der Waals surface area contributed by atoms with Gasteiger partial charge in [0.1, 0.15) is 0 Å². The number of aliphatic hydroxyl groups is 1. The van der Waals surface area contributed by atoms with Crippen molar-refractivity contribution >= 4 is 15.9 Å². The van der Waals surface area contributed by atoms with Gasteiger partial charge in [-0.1, -0.05) is 41.1 Å². The zero-order valence-corrected chi connectivity index (χ0v) is 9.63. The van der Waals surface area contributed by atoms with Crippen LogP contribution < -0.4 is 0 Å². The van der Waals surface area contributed by atoms with Crippen LogP contribution in [-0.2, 0) is 6.42 Å². The molecule has 0 aromatic heterocycles. The summed E-state index contributed by atoms with van der Waals surface area (Å²) in [6.45, 7) is 3.86. The van der Waals surface area contributed by atoms with Crippen molar-refractivity contribution in [1.82, 2.24) is 0 Å². The molecule has 13 heavy (non-hydrogen) atoms. The molecule has 0 heterocycles. The summed E-state index contributed by atoms with van der Waals surface area (Å²) in [5, 5.41) is 9.88. The second-order valence-electron chi connectivity index (χ2n) is 3.62. The zero-order valence-electron chi connectivity index (χ0n) is 8.05. The lowest BCUT2D eigenvalue weighted by molar-refractivity contribution is 0.0563. The van der Waals surface area contributed by atoms with Gasteiger partial charge in [0.15, 0.2) is 0 Å². The Morgan fingerprint density at radius 3 is 2.54 bits per heavy atom. The van der Waals surface area contributed by atoms with Gasteiger partial charge < -0.3 is 5.11 Å². The predicted molar refractivity (Wildman–Crippen MR) is 58.8 cm³/mol. The van der Waals surface area contributed by atoms with Crippen LogP contribution in [0.1, 0.15) is 25.8 Å². The van der Waals surface area contributed by atoms with Crippen LogP contribution in [0.25, 0.3) is 0 Å². The van der Waals surface area contributed by atoms with E-state index in [9.17, 15) is 5.11 Å². The first-order chi connectivity index (χ1) is 6.05. The van der Waals surface area contributed by atoms with Gasteiger partial charge in [-0.2, -0.15) is 0 Å². The van der Waals surface area contributed by atoms with E-state index < -0.39 is 5.60 Å². The van der Waals surface area contributed by atoms with Gasteiger partial charge in [0.05, 0.1) is 5.60 Å². The summed E-state index contributed by atoms with van der Waals surface area (Å²) in [7, 11) is 0. The molecule has 1 N–H and O–H groups in total. The monoisotopic (exact) mass is 242 g/mol. The molecule has 72 valence electrons. The number of rotatable bonds is 3. The predicted octanol–water partition coefficient (Wildman–Crippen LogP) is 3.15. The largest absolute Gasteiger partial charge is 0.390 e. The van der Waals surface area contributed by atoms with Gasteiger partial charge in [-0.25, -0.2) is 0 Å². The first-order valence-corrected chi connectivity index (χ1v) is 5.30. The standard InChI is InChI=1S/C11H15BrO/c1-3-11(2,13)8-9-6-4-5-7-10(9)12/h4-7,13H,3,8H2,1-2H3. The summed E-state index contributed by atoms with van der Waals surface area (Å²) >= 11 is 3.47. The quantitative estimate of drug-likeness (QED) is 0.864. The maximum Gasteiger partial charge on any atom is 0.0657 e. The minimum absolute atomic E-state index is 0.593. The lowest BCUT2D eigenvalue weighted by atomic mass is 9.94. The number of benzene rings is 1. The van der Waals surface area contributed by atoms with E-state index >= 15 is 0 Å². The lowest BCUT2D eigenvalue weighted by Crippen LogP contribution is -2.25. The molecule has 0 saturated heterocycles. The number of hydrogen-bond donors (Lipinski definition) is 1. The Morgan fingerprint density at radius 1 is 1.38 bits per heavy atom. The number of hydrogen-bond acceptors (Lipinski definition) is 1. The first-order valence-electron chi connectivity index (χ1n) is 4.51. The number of halogens is 1. The molecule has 0 fully saturated rings. The fourth-order valence-electron chi connectivity index (χ4n) is 1.18. The first kappa shape index (κ1) is 10.7. The smallest absolute Gasteiger partial charge is 0.0657 e. The van der Waals surface area contributed by atoms with E-state index in [-0.39, 0.29) is 0 Å². The van der Waals surface area contributed by atoms with Crippen molar-refractivity contribution in [3.63, 3.8) is 0 Å². The maximum atomic E-state index is 9.88. The minimum Gasteiger partial charge on any atom is -0.390 e. The summed E-state index contributed by atoms with van der Waals surface area (Å²) in [6, 6.07) is 8.01. The topological polar surface area (TPSA) is 20.2 Å². The molecule has 0 amide bonds. The molecule has 1 unspecified atom stereocenters. The molecule has 0 aliphatic carbocycles. The van der Waals surface area contributed by atoms with E-state index in [0.717, 1.165) is 16.5 Å². The average molecular weight is 243 g/mol. The third-order valence-corrected chi connectivity index (χ3v) is 3.06. The molecule has 0 aliphatic heterocycles. The second-order valence-corrected chi connectivity index (χ2v) is 4.47. The van der Waals surface area contributed by atoms with Crippen LogP contribution in [0.2, 0.25) is 0 Å². The molecule has 1 nitrogen and oxygen atoms in total. The van der Waals surface area contributed by atoms with E-state index in [1.165, 1.54) is 0 Å². The SMILES string of the molecule is CCC(C)(O)Cc1ccccc1Br. The van der Waals surface area contributed by atoms with E-state index in [1.54, 1.807) is 0 Å². The van der Waals surface area contributed by atoms with Crippen LogP contribution in [-0.4, -0.2) is 10.7 Å². The van der Waals surface area contributed by atoms with E-state index in [0.29, 0.717) is 6.42 Å². The van der Waals surface area contributed by atoms with Gasteiger partial charge in [-0.05, 0) is 25.0 Å². The Hall–Kier alpha value is -0.340. The Morgan fingerprint density at radius 2 is 2.00 bits per heavy atom. The Labute approximate surface area is 87.9 Å². The van der Waals surface area contributed by atoms with Crippen molar-refractivity contribution < 1.29 is 5.11 Å². The molecule has 1 aromatic carbocycles. The highest BCUT2D eigenvalue weighted by molar-refractivity contribution is 9.10. The maximum absolute atomic E-state index is 9.88. The van der Waals surface area contributed by atoms with Crippen molar-refractivity contribution in [2.75, 3.05) is 0 Å². The van der Waals surface area contributed by atoms with Crippen LogP contribution in [0.4, 0.5) is 0 Å². The third kappa shape index (κ3) is 3.12. The Kier molecular flexibility index (Phi) is 3.51. The molecule has 2 heteroatoms. The molecule has 0 saturated carbocycles. The van der Waals surface area contributed by atoms with Crippen molar-refractivity contribution in [3.05, 3.63) is 34.3 Å². The van der Waals surface area contributed by atoms with Crippen LogP contribution in [0.15, 0.2) is 28.7 Å². The summed E-state index contributed by atoms with van der Waals surface area (Å²) in [5.41, 5.74) is 0.568. The van der Waals surface area contributed by atoms with Gasteiger partial charge in [-0.3, -0.25) is 0 Å². The fourth-order valence-corrected chi connectivity index (χ4v) is 1.60. The second kappa shape index (κ2) is 4.25. The lowest BCUT2D eigenvalue weighted by Gasteiger charge is -2.21. The molecule has 1 atom stereocenters. The molecule has 0 bridgehead atoms. The van der Waals surface area contributed by atoms with Crippen molar-refractivity contribution in [2.24, 2.45) is 0 Å². The molecular formula is C11H15BrO. The zero-order chi connectivity index (χ0) is 9.90. The highest BCUT2D eigenvalue weighted by atomic mass is 79.9. The minimum atomic E-state index is -0.593. The molecular weight excluding hydrogens is 228 g/mol. The molecule has 0 radical (unpaired) electrons. The van der Waals surface area contributed by atoms with E-state index in [2.05, 4.69) is 15.9 Å². The van der Waals surface area contributed by atoms with E-state index in [4.69, 9.17) is 0 Å². The van der Waals surface area contributed by atoms with Gasteiger partial charge >= 0.3 is 0 Å². The molecule has 1 rings (SSSR count). The molecule has 1 aromatic rings. The summed E-state index contributed by atoms with van der Waals surface area (Å²) in [6.07, 6.45) is 1.47. The van der Waals surface area contributed by atoms with Gasteiger partial charge in [0.25, 0.3) is 0 Å². The van der Waals surface area contributed by atoms with Crippen LogP contribution in [0, 0.1) is 0 Å². The van der Waals surface area contributed by atoms with Crippen LogP contribution >= 0.6 is 15.9 Å². The van der Waals surface area contributed by atoms with Crippen LogP contribution in [0.3, 0.4) is 0 Å². The third-order valence-electron chi connectivity index (χ3n) is 2.29. The van der Waals surface area contributed by atoms with Crippen LogP contribution in [0.5, 0.6) is 0 Å². The van der Waals surface area contributed by atoms with Crippen molar-refractivity contribution in [1.29, 1.82) is 0 Å². The Bertz CT molecular complexity index is 281. The van der Waals surface area contributed by atoms with Crippen molar-refractivity contribution in [2.45, 2.75) is 32.3 Å². The fraction of sp³-hybridized carbons (Fsp3) is 0.455. The molecule has 0 spiro atoms. The highest BCUT2D eigenvalue weighted by Gasteiger charge is 2.18. The van der Waals surface area contributed by atoms with Gasteiger partial charge in [0.2, 0.25) is 0 Å². The van der Waals surface area contributed by atoms with Gasteiger partial charge in [0, 0.05) is 10.9 Å². The Balaban J connectivity index is 2.80. The summed E-state index contributed by atoms with van der Waals surface area (Å²) in [4.78, 5) is 0. The average Bonchev–Trinajstić information content (AvgIpc) is 2.09. The summed E-state index contributed by atoms with van der Waals surface area (Å²) < 4.78 is 1.07. The van der Waals surface area contributed by atoms with Gasteiger partial charge in [-0.15, -0.1) is 0 Å². The normalized spacial score (nSPS) is 15.4. The van der Waals surface area contributed by atoms with E-state index in [1.807, 2.05) is 38.1 Å². The summed E-state index contributed by atoms with van der Waals surface area (Å²) in [5.74, 6) is 0. The van der Waals surface area contributed by atoms with Crippen molar-refractivity contribution in [3.8, 4) is 0 Å².